The molecule has 1 saturated heterocycles. The summed E-state index contributed by atoms with van der Waals surface area (Å²) in [5, 5.41) is 0. The van der Waals surface area contributed by atoms with Gasteiger partial charge in [0.15, 0.2) is 6.61 Å². The lowest BCUT2D eigenvalue weighted by atomic mass is 9.85. The minimum Gasteiger partial charge on any atom is -0.456 e. The first-order chi connectivity index (χ1) is 15.0. The van der Waals surface area contributed by atoms with E-state index in [4.69, 9.17) is 10.5 Å². The number of Topliss-reactive ketones (excluding diaryl/α,β-unsaturated/α-hetero) is 1. The van der Waals surface area contributed by atoms with E-state index in [2.05, 4.69) is 0 Å². The fraction of sp³-hybridized carbons (Fsp3) is 0.524. The molecule has 0 bridgehead atoms. The van der Waals surface area contributed by atoms with E-state index in [1.807, 2.05) is 26.0 Å². The second kappa shape index (κ2) is 8.93. The van der Waals surface area contributed by atoms with Crippen molar-refractivity contribution >= 4 is 29.4 Å². The Bertz CT molecular complexity index is 1100. The van der Waals surface area contributed by atoms with Gasteiger partial charge in [-0.15, -0.1) is 0 Å². The molecule has 172 valence electrons. The van der Waals surface area contributed by atoms with Crippen molar-refractivity contribution in [2.24, 2.45) is 24.8 Å². The standard InChI is InChI=1S/C21H26N4O7/c1-11(2)8-24-17(22)16(20(30)23(3)21(24)31)14(26)10-32-15(27)9-25-18(28)12-6-4-5-7-13(12)19(25)29/h4-5,11-13H,6-10,22H2,1-3H3/t12-,13-/m0/s1. The molecule has 0 spiro atoms. The summed E-state index contributed by atoms with van der Waals surface area (Å²) in [4.78, 5) is 75.3. The third kappa shape index (κ3) is 4.14. The predicted molar refractivity (Wildman–Crippen MR) is 113 cm³/mol. The maximum absolute atomic E-state index is 12.6. The Hall–Kier alpha value is -3.50. The topological polar surface area (TPSA) is 151 Å². The van der Waals surface area contributed by atoms with Crippen LogP contribution in [0.4, 0.5) is 5.82 Å². The van der Waals surface area contributed by atoms with Crippen LogP contribution in [0, 0.1) is 17.8 Å². The first-order valence-electron chi connectivity index (χ1n) is 10.3. The van der Waals surface area contributed by atoms with Crippen molar-refractivity contribution in [2.45, 2.75) is 33.2 Å². The average Bonchev–Trinajstić information content (AvgIpc) is 2.99. The number of imide groups is 1. The second-order valence-corrected chi connectivity index (χ2v) is 8.41. The normalized spacial score (nSPS) is 20.1. The summed E-state index contributed by atoms with van der Waals surface area (Å²) in [6.07, 6.45) is 4.54. The molecule has 11 heteroatoms. The smallest absolute Gasteiger partial charge is 0.332 e. The van der Waals surface area contributed by atoms with Crippen LogP contribution < -0.4 is 17.0 Å². The molecule has 11 nitrogen and oxygen atoms in total. The molecule has 3 rings (SSSR count). The number of hydrogen-bond acceptors (Lipinski definition) is 8. The highest BCUT2D eigenvalue weighted by Crippen LogP contribution is 2.34. The molecule has 2 heterocycles. The molecule has 32 heavy (non-hydrogen) atoms. The van der Waals surface area contributed by atoms with Gasteiger partial charge in [-0.05, 0) is 18.8 Å². The van der Waals surface area contributed by atoms with Gasteiger partial charge in [0.25, 0.3) is 5.56 Å². The third-order valence-electron chi connectivity index (χ3n) is 5.66. The van der Waals surface area contributed by atoms with Gasteiger partial charge in [-0.3, -0.25) is 38.0 Å². The molecule has 1 aromatic rings. The van der Waals surface area contributed by atoms with Crippen LogP contribution in [0.5, 0.6) is 0 Å². The van der Waals surface area contributed by atoms with Gasteiger partial charge in [-0.2, -0.15) is 0 Å². The van der Waals surface area contributed by atoms with Gasteiger partial charge in [-0.1, -0.05) is 26.0 Å². The number of carbonyl (C=O) groups excluding carboxylic acids is 4. The number of rotatable bonds is 7. The zero-order chi connectivity index (χ0) is 23.7. The zero-order valence-corrected chi connectivity index (χ0v) is 18.2. The monoisotopic (exact) mass is 446 g/mol. The van der Waals surface area contributed by atoms with Crippen molar-refractivity contribution in [1.82, 2.24) is 14.0 Å². The number of ketones is 1. The highest BCUT2D eigenvalue weighted by Gasteiger charge is 2.47. The maximum atomic E-state index is 12.6. The number of carbonyl (C=O) groups is 4. The van der Waals surface area contributed by atoms with Gasteiger partial charge in [0.1, 0.15) is 17.9 Å². The molecule has 0 radical (unpaired) electrons. The van der Waals surface area contributed by atoms with Crippen molar-refractivity contribution in [2.75, 3.05) is 18.9 Å². The number of esters is 1. The number of nitrogen functional groups attached to an aromatic ring is 1. The molecule has 0 aromatic carbocycles. The van der Waals surface area contributed by atoms with Crippen molar-refractivity contribution in [3.63, 3.8) is 0 Å². The number of nitrogens with zero attached hydrogens (tertiary/aromatic N) is 3. The summed E-state index contributed by atoms with van der Waals surface area (Å²) in [5.74, 6) is -3.96. The summed E-state index contributed by atoms with van der Waals surface area (Å²) in [6, 6.07) is 0. The molecule has 0 saturated carbocycles. The molecule has 1 aromatic heterocycles. The second-order valence-electron chi connectivity index (χ2n) is 8.41. The van der Waals surface area contributed by atoms with E-state index in [1.54, 1.807) is 0 Å². The number of aromatic nitrogens is 2. The molecule has 2 N–H and O–H groups in total. The van der Waals surface area contributed by atoms with Crippen LogP contribution in [0.25, 0.3) is 0 Å². The average molecular weight is 446 g/mol. The fourth-order valence-corrected chi connectivity index (χ4v) is 4.00. The molecular weight excluding hydrogens is 420 g/mol. The number of amides is 2. The van der Waals surface area contributed by atoms with Crippen LogP contribution in [-0.2, 0) is 32.7 Å². The van der Waals surface area contributed by atoms with E-state index >= 15 is 0 Å². The molecule has 0 unspecified atom stereocenters. The summed E-state index contributed by atoms with van der Waals surface area (Å²) in [6.45, 7) is 2.44. The molecule has 2 aliphatic rings. The van der Waals surface area contributed by atoms with Crippen molar-refractivity contribution in [3.8, 4) is 0 Å². The molecule has 2 atom stereocenters. The minimum atomic E-state index is -0.961. The Kier molecular flexibility index (Phi) is 6.47. The highest BCUT2D eigenvalue weighted by molar-refractivity contribution is 6.07. The maximum Gasteiger partial charge on any atom is 0.332 e. The van der Waals surface area contributed by atoms with Crippen LogP contribution in [0.1, 0.15) is 37.0 Å². The summed E-state index contributed by atoms with van der Waals surface area (Å²) < 4.78 is 6.82. The lowest BCUT2D eigenvalue weighted by Gasteiger charge is -2.16. The van der Waals surface area contributed by atoms with Crippen LogP contribution in [-0.4, -0.2) is 50.8 Å². The molecule has 2 amide bonds. The quantitative estimate of drug-likeness (QED) is 0.254. The summed E-state index contributed by atoms with van der Waals surface area (Å²) >= 11 is 0. The van der Waals surface area contributed by atoms with Gasteiger partial charge in [0, 0.05) is 13.6 Å². The Morgan fingerprint density at radius 2 is 1.66 bits per heavy atom. The van der Waals surface area contributed by atoms with E-state index in [1.165, 1.54) is 7.05 Å². The Morgan fingerprint density at radius 3 is 2.19 bits per heavy atom. The number of likely N-dealkylation sites (tertiary alicyclic amines) is 1. The van der Waals surface area contributed by atoms with Crippen LogP contribution in [0.2, 0.25) is 0 Å². The number of hydrogen-bond donors (Lipinski definition) is 1. The summed E-state index contributed by atoms with van der Waals surface area (Å²) in [7, 11) is 1.22. The number of nitrogens with two attached hydrogens (primary N) is 1. The first-order valence-corrected chi connectivity index (χ1v) is 10.3. The van der Waals surface area contributed by atoms with E-state index < -0.39 is 65.4 Å². The number of ether oxygens (including phenoxy) is 1. The van der Waals surface area contributed by atoms with E-state index in [0.29, 0.717) is 12.8 Å². The molecule has 1 aliphatic carbocycles. The number of allylic oxidation sites excluding steroid dienone is 2. The van der Waals surface area contributed by atoms with Gasteiger partial charge in [0.05, 0.1) is 11.8 Å². The largest absolute Gasteiger partial charge is 0.456 e. The lowest BCUT2D eigenvalue weighted by Crippen LogP contribution is -2.44. The van der Waals surface area contributed by atoms with Crippen molar-refractivity contribution in [3.05, 3.63) is 38.6 Å². The Labute approximate surface area is 183 Å². The number of fused-ring (bicyclic) bond motifs is 1. The van der Waals surface area contributed by atoms with Crippen molar-refractivity contribution in [1.29, 1.82) is 0 Å². The molecule has 1 fully saturated rings. The highest BCUT2D eigenvalue weighted by atomic mass is 16.5. The fourth-order valence-electron chi connectivity index (χ4n) is 4.00. The van der Waals surface area contributed by atoms with Gasteiger partial charge >= 0.3 is 11.7 Å². The number of anilines is 1. The van der Waals surface area contributed by atoms with Gasteiger partial charge in [-0.25, -0.2) is 4.79 Å². The van der Waals surface area contributed by atoms with Crippen molar-refractivity contribution < 1.29 is 23.9 Å². The van der Waals surface area contributed by atoms with Gasteiger partial charge < -0.3 is 10.5 Å². The Morgan fingerprint density at radius 1 is 1.09 bits per heavy atom. The predicted octanol–water partition coefficient (Wildman–Crippen LogP) is -0.538. The molecule has 1 aliphatic heterocycles. The third-order valence-corrected chi connectivity index (χ3v) is 5.66. The van der Waals surface area contributed by atoms with E-state index in [9.17, 15) is 28.8 Å². The van der Waals surface area contributed by atoms with E-state index in [-0.39, 0.29) is 18.3 Å². The lowest BCUT2D eigenvalue weighted by molar-refractivity contribution is -0.152. The first kappa shape index (κ1) is 23.2. The van der Waals surface area contributed by atoms with Gasteiger partial charge in [0.2, 0.25) is 17.6 Å². The van der Waals surface area contributed by atoms with E-state index in [0.717, 1.165) is 14.0 Å². The van der Waals surface area contributed by atoms with Crippen LogP contribution in [0.15, 0.2) is 21.7 Å². The Balaban J connectivity index is 1.71. The van der Waals surface area contributed by atoms with Crippen LogP contribution in [0.3, 0.4) is 0 Å². The minimum absolute atomic E-state index is 0.0164. The molecular formula is C21H26N4O7. The summed E-state index contributed by atoms with van der Waals surface area (Å²) in [5.41, 5.74) is 3.93. The zero-order valence-electron chi connectivity index (χ0n) is 18.2. The van der Waals surface area contributed by atoms with Crippen LogP contribution >= 0.6 is 0 Å². The SMILES string of the molecule is CC(C)Cn1c(N)c(C(=O)COC(=O)CN2C(=O)[C@H]3CC=CC[C@@H]3C2=O)c(=O)n(C)c1=O.